The fraction of sp³-hybridized carbons (Fsp3) is 0. The Kier molecular flexibility index (Phi) is 3.83. The number of nitrogens with two attached hydrogens (primary N) is 1. The SMILES string of the molecule is Nc1[nH]c(=O)c(C(=O)O)c(-c2c(F)cc(F)cc2F)c1C(=O)O. The Hall–Kier alpha value is -3.30. The molecule has 0 spiro atoms. The highest BCUT2D eigenvalue weighted by molar-refractivity contribution is 6.07. The average molecular weight is 328 g/mol. The van der Waals surface area contributed by atoms with Crippen molar-refractivity contribution in [2.24, 2.45) is 0 Å². The summed E-state index contributed by atoms with van der Waals surface area (Å²) in [7, 11) is 0. The van der Waals surface area contributed by atoms with Crippen molar-refractivity contribution in [3.8, 4) is 11.1 Å². The van der Waals surface area contributed by atoms with Crippen LogP contribution in [-0.4, -0.2) is 27.1 Å². The zero-order chi connectivity index (χ0) is 17.5. The van der Waals surface area contributed by atoms with Crippen molar-refractivity contribution < 1.29 is 33.0 Å². The molecule has 2 rings (SSSR count). The standard InChI is InChI=1S/C13H7F3N2O5/c14-3-1-4(15)6(5(16)2-3)7-8(12(20)21)10(17)18-11(19)9(7)13(22)23/h1-2H,(H,20,21)(H,22,23)(H3,17,18,19). The lowest BCUT2D eigenvalue weighted by Gasteiger charge is -2.13. The van der Waals surface area contributed by atoms with Crippen LogP contribution in [0.5, 0.6) is 0 Å². The van der Waals surface area contributed by atoms with Gasteiger partial charge in [0.25, 0.3) is 5.56 Å². The van der Waals surface area contributed by atoms with E-state index in [4.69, 9.17) is 15.9 Å². The Morgan fingerprint density at radius 2 is 1.43 bits per heavy atom. The van der Waals surface area contributed by atoms with Gasteiger partial charge >= 0.3 is 11.9 Å². The fourth-order valence-corrected chi connectivity index (χ4v) is 2.08. The molecule has 0 bridgehead atoms. The lowest BCUT2D eigenvalue weighted by molar-refractivity contribution is 0.0695. The zero-order valence-corrected chi connectivity index (χ0v) is 11.0. The van der Waals surface area contributed by atoms with Crippen LogP contribution in [0.3, 0.4) is 0 Å². The number of aromatic nitrogens is 1. The predicted molar refractivity (Wildman–Crippen MR) is 70.7 cm³/mol. The number of nitrogens with one attached hydrogen (secondary N) is 1. The molecule has 5 N–H and O–H groups in total. The Morgan fingerprint density at radius 1 is 0.957 bits per heavy atom. The minimum Gasteiger partial charge on any atom is -0.478 e. The van der Waals surface area contributed by atoms with E-state index in [-0.39, 0.29) is 12.1 Å². The number of anilines is 1. The molecule has 120 valence electrons. The quantitative estimate of drug-likeness (QED) is 0.673. The molecule has 0 aliphatic heterocycles. The van der Waals surface area contributed by atoms with Crippen molar-refractivity contribution in [1.29, 1.82) is 0 Å². The van der Waals surface area contributed by atoms with Crippen LogP contribution in [0.2, 0.25) is 0 Å². The second kappa shape index (κ2) is 5.48. The highest BCUT2D eigenvalue weighted by Crippen LogP contribution is 2.33. The predicted octanol–water partition coefficient (Wildman–Crippen LogP) is 1.44. The number of aromatic carboxylic acids is 2. The Labute approximate surface area is 124 Å². The Balaban J connectivity index is 3.10. The summed E-state index contributed by atoms with van der Waals surface area (Å²) in [6.45, 7) is 0. The minimum atomic E-state index is -1.94. The van der Waals surface area contributed by atoms with Gasteiger partial charge < -0.3 is 20.9 Å². The van der Waals surface area contributed by atoms with E-state index in [0.29, 0.717) is 0 Å². The number of benzene rings is 1. The number of pyridine rings is 1. The van der Waals surface area contributed by atoms with Gasteiger partial charge in [0, 0.05) is 17.7 Å². The third-order valence-corrected chi connectivity index (χ3v) is 2.93. The third kappa shape index (κ3) is 2.61. The van der Waals surface area contributed by atoms with E-state index < -0.39 is 63.0 Å². The van der Waals surface area contributed by atoms with Crippen LogP contribution in [0.25, 0.3) is 11.1 Å². The molecular weight excluding hydrogens is 321 g/mol. The van der Waals surface area contributed by atoms with E-state index in [9.17, 15) is 27.6 Å². The van der Waals surface area contributed by atoms with E-state index in [2.05, 4.69) is 0 Å². The topological polar surface area (TPSA) is 133 Å². The smallest absolute Gasteiger partial charge is 0.342 e. The fourth-order valence-electron chi connectivity index (χ4n) is 2.08. The van der Waals surface area contributed by atoms with Gasteiger partial charge in [0.2, 0.25) is 0 Å². The van der Waals surface area contributed by atoms with Crippen LogP contribution < -0.4 is 11.3 Å². The van der Waals surface area contributed by atoms with Crippen molar-refractivity contribution in [2.75, 3.05) is 5.73 Å². The summed E-state index contributed by atoms with van der Waals surface area (Å²) in [5.74, 6) is -9.05. The van der Waals surface area contributed by atoms with Gasteiger partial charge in [-0.2, -0.15) is 0 Å². The van der Waals surface area contributed by atoms with Crippen molar-refractivity contribution >= 4 is 17.8 Å². The number of halogens is 3. The average Bonchev–Trinajstić information content (AvgIpc) is 2.35. The number of rotatable bonds is 3. The summed E-state index contributed by atoms with van der Waals surface area (Å²) in [4.78, 5) is 36.0. The van der Waals surface area contributed by atoms with Gasteiger partial charge in [-0.25, -0.2) is 22.8 Å². The van der Waals surface area contributed by atoms with E-state index >= 15 is 0 Å². The molecule has 1 heterocycles. The van der Waals surface area contributed by atoms with Gasteiger partial charge in [0.15, 0.2) is 0 Å². The highest BCUT2D eigenvalue weighted by atomic mass is 19.1. The maximum atomic E-state index is 13.9. The summed E-state index contributed by atoms with van der Waals surface area (Å²) < 4.78 is 40.9. The Bertz CT molecular complexity index is 884. The lowest BCUT2D eigenvalue weighted by atomic mass is 9.94. The molecule has 7 nitrogen and oxygen atoms in total. The van der Waals surface area contributed by atoms with Gasteiger partial charge in [-0.05, 0) is 0 Å². The summed E-state index contributed by atoms with van der Waals surface area (Å²) >= 11 is 0. The first-order valence-electron chi connectivity index (χ1n) is 5.82. The van der Waals surface area contributed by atoms with Gasteiger partial charge in [-0.1, -0.05) is 0 Å². The molecule has 1 aromatic carbocycles. The van der Waals surface area contributed by atoms with E-state index in [1.54, 1.807) is 4.98 Å². The van der Waals surface area contributed by atoms with Crippen molar-refractivity contribution in [3.63, 3.8) is 0 Å². The molecule has 0 radical (unpaired) electrons. The second-order valence-electron chi connectivity index (χ2n) is 4.35. The molecule has 0 amide bonds. The van der Waals surface area contributed by atoms with Crippen LogP contribution in [0.4, 0.5) is 19.0 Å². The molecule has 10 heteroatoms. The van der Waals surface area contributed by atoms with E-state index in [1.807, 2.05) is 0 Å². The number of H-pyrrole nitrogens is 1. The van der Waals surface area contributed by atoms with E-state index in [1.165, 1.54) is 0 Å². The first-order valence-corrected chi connectivity index (χ1v) is 5.82. The molecule has 0 unspecified atom stereocenters. The molecule has 23 heavy (non-hydrogen) atoms. The highest BCUT2D eigenvalue weighted by Gasteiger charge is 2.30. The minimum absolute atomic E-state index is 0.215. The summed E-state index contributed by atoms with van der Waals surface area (Å²) in [5.41, 5.74) is -0.572. The first kappa shape index (κ1) is 16.1. The monoisotopic (exact) mass is 328 g/mol. The van der Waals surface area contributed by atoms with E-state index in [0.717, 1.165) is 0 Å². The molecule has 0 fully saturated rings. The molecule has 1 aromatic heterocycles. The number of carboxylic acid groups (broad SMARTS) is 2. The number of hydrogen-bond acceptors (Lipinski definition) is 4. The molecular formula is C13H7F3N2O5. The van der Waals surface area contributed by atoms with Gasteiger partial charge in [0.05, 0.1) is 5.56 Å². The number of carboxylic acids is 2. The first-order chi connectivity index (χ1) is 10.6. The normalized spacial score (nSPS) is 10.6. The largest absolute Gasteiger partial charge is 0.478 e. The third-order valence-electron chi connectivity index (χ3n) is 2.93. The van der Waals surface area contributed by atoms with Crippen LogP contribution in [-0.2, 0) is 0 Å². The van der Waals surface area contributed by atoms with Gasteiger partial charge in [0.1, 0.15) is 34.4 Å². The molecule has 0 saturated heterocycles. The summed E-state index contributed by atoms with van der Waals surface area (Å²) in [5, 5.41) is 18.2. The van der Waals surface area contributed by atoms with Crippen LogP contribution in [0, 0.1) is 17.5 Å². The maximum absolute atomic E-state index is 13.9. The van der Waals surface area contributed by atoms with Crippen LogP contribution in [0.15, 0.2) is 16.9 Å². The number of hydrogen-bond donors (Lipinski definition) is 4. The zero-order valence-electron chi connectivity index (χ0n) is 11.0. The number of aromatic amines is 1. The van der Waals surface area contributed by atoms with Crippen LogP contribution >= 0.6 is 0 Å². The maximum Gasteiger partial charge on any atom is 0.342 e. The summed E-state index contributed by atoms with van der Waals surface area (Å²) in [6, 6.07) is 0.431. The summed E-state index contributed by atoms with van der Waals surface area (Å²) in [6.07, 6.45) is 0. The van der Waals surface area contributed by atoms with Gasteiger partial charge in [-0.15, -0.1) is 0 Å². The van der Waals surface area contributed by atoms with Crippen molar-refractivity contribution in [1.82, 2.24) is 4.98 Å². The van der Waals surface area contributed by atoms with Crippen molar-refractivity contribution in [3.05, 3.63) is 51.1 Å². The Morgan fingerprint density at radius 3 is 1.87 bits per heavy atom. The molecule has 0 aliphatic carbocycles. The molecule has 2 aromatic rings. The molecule has 0 aliphatic rings. The molecule has 0 saturated carbocycles. The number of nitrogen functional groups attached to an aromatic ring is 1. The van der Waals surface area contributed by atoms with Crippen LogP contribution in [0.1, 0.15) is 20.7 Å². The van der Waals surface area contributed by atoms with Crippen molar-refractivity contribution in [2.45, 2.75) is 0 Å². The molecule has 0 atom stereocenters. The second-order valence-corrected chi connectivity index (χ2v) is 4.35. The van der Waals surface area contributed by atoms with Gasteiger partial charge in [-0.3, -0.25) is 4.79 Å². The number of carbonyl (C=O) groups is 2. The lowest BCUT2D eigenvalue weighted by Crippen LogP contribution is -2.24.